The summed E-state index contributed by atoms with van der Waals surface area (Å²) >= 11 is 0. The van der Waals surface area contributed by atoms with E-state index in [1.165, 1.54) is 0 Å². The number of aliphatic imine (C=N–C) groups is 1. The minimum absolute atomic E-state index is 0.633. The van der Waals surface area contributed by atoms with Crippen molar-refractivity contribution in [1.29, 1.82) is 0 Å². The normalized spacial score (nSPS) is 10.9. The molecule has 5 nitrogen and oxygen atoms in total. The van der Waals surface area contributed by atoms with Crippen LogP contribution in [0.2, 0.25) is 0 Å². The predicted octanol–water partition coefficient (Wildman–Crippen LogP) is 0.961. The van der Waals surface area contributed by atoms with Gasteiger partial charge in [0.1, 0.15) is 0 Å². The summed E-state index contributed by atoms with van der Waals surface area (Å²) in [4.78, 5) is 4.22. The Morgan fingerprint density at radius 1 is 1.29 bits per heavy atom. The number of benzene rings is 1. The van der Waals surface area contributed by atoms with E-state index < -0.39 is 0 Å². The Hall–Kier alpha value is -2.04. The van der Waals surface area contributed by atoms with Crippen LogP contribution in [0, 0.1) is 0 Å². The van der Waals surface area contributed by atoms with E-state index in [2.05, 4.69) is 20.5 Å². The molecule has 1 aromatic carbocycles. The second-order valence-electron chi connectivity index (χ2n) is 2.75. The molecular formula is C9H9N5. The van der Waals surface area contributed by atoms with Gasteiger partial charge in [0.15, 0.2) is 5.82 Å². The van der Waals surface area contributed by atoms with E-state index in [4.69, 9.17) is 0 Å². The number of hydrogen-bond donors (Lipinski definition) is 0. The molecule has 0 saturated carbocycles. The first-order chi connectivity index (χ1) is 6.86. The summed E-state index contributed by atoms with van der Waals surface area (Å²) in [5, 5.41) is 11.0. The molecular weight excluding hydrogens is 178 g/mol. The van der Waals surface area contributed by atoms with E-state index in [9.17, 15) is 0 Å². The average molecular weight is 187 g/mol. The van der Waals surface area contributed by atoms with Gasteiger partial charge in [-0.15, -0.1) is 5.10 Å². The summed E-state index contributed by atoms with van der Waals surface area (Å²) < 4.78 is 1.56. The molecule has 5 heteroatoms. The van der Waals surface area contributed by atoms with Crippen molar-refractivity contribution in [3.8, 4) is 0 Å². The first-order valence-corrected chi connectivity index (χ1v) is 4.18. The lowest BCUT2D eigenvalue weighted by Crippen LogP contribution is -1.97. The van der Waals surface area contributed by atoms with E-state index in [1.807, 2.05) is 30.3 Å². The second-order valence-corrected chi connectivity index (χ2v) is 2.75. The third-order valence-corrected chi connectivity index (χ3v) is 1.74. The number of tetrazole rings is 1. The van der Waals surface area contributed by atoms with Crippen LogP contribution < -0.4 is 0 Å². The fourth-order valence-electron chi connectivity index (χ4n) is 0.992. The standard InChI is InChI=1S/C9H9N5/c1-14-9(11-12-13-14)7-10-8-5-3-2-4-6-8/h2-7H,1H3. The van der Waals surface area contributed by atoms with Crippen molar-refractivity contribution in [2.45, 2.75) is 0 Å². The van der Waals surface area contributed by atoms with E-state index in [1.54, 1.807) is 17.9 Å². The molecule has 2 rings (SSSR count). The maximum atomic E-state index is 4.22. The number of para-hydroxylation sites is 1. The molecule has 0 saturated heterocycles. The Labute approximate surface area is 81.1 Å². The quantitative estimate of drug-likeness (QED) is 0.658. The highest BCUT2D eigenvalue weighted by molar-refractivity contribution is 5.77. The van der Waals surface area contributed by atoms with Crippen LogP contribution in [0.3, 0.4) is 0 Å². The number of rotatable bonds is 2. The molecule has 70 valence electrons. The van der Waals surface area contributed by atoms with E-state index >= 15 is 0 Å². The van der Waals surface area contributed by atoms with Crippen molar-refractivity contribution < 1.29 is 0 Å². The first-order valence-electron chi connectivity index (χ1n) is 4.18. The molecule has 0 aliphatic carbocycles. The maximum absolute atomic E-state index is 4.22. The van der Waals surface area contributed by atoms with Crippen LogP contribution >= 0.6 is 0 Å². The molecule has 0 bridgehead atoms. The number of nitrogens with zero attached hydrogens (tertiary/aromatic N) is 5. The first kappa shape index (κ1) is 8.55. The zero-order chi connectivity index (χ0) is 9.80. The molecule has 0 spiro atoms. The van der Waals surface area contributed by atoms with Crippen molar-refractivity contribution in [3.05, 3.63) is 36.2 Å². The largest absolute Gasteiger partial charge is 0.253 e. The van der Waals surface area contributed by atoms with Crippen LogP contribution in [0.5, 0.6) is 0 Å². The summed E-state index contributed by atoms with van der Waals surface area (Å²) in [5.74, 6) is 0.633. The highest BCUT2D eigenvalue weighted by Gasteiger charge is 1.95. The SMILES string of the molecule is Cn1nnnc1C=Nc1ccccc1. The van der Waals surface area contributed by atoms with Crippen LogP contribution in [-0.2, 0) is 7.05 Å². The van der Waals surface area contributed by atoms with Crippen LogP contribution in [0.4, 0.5) is 5.69 Å². The van der Waals surface area contributed by atoms with Gasteiger partial charge in [-0.2, -0.15) is 0 Å². The summed E-state index contributed by atoms with van der Waals surface area (Å²) in [6, 6.07) is 9.65. The van der Waals surface area contributed by atoms with Crippen molar-refractivity contribution in [3.63, 3.8) is 0 Å². The Morgan fingerprint density at radius 2 is 2.07 bits per heavy atom. The number of aryl methyl sites for hydroxylation is 1. The number of aromatic nitrogens is 4. The molecule has 0 N–H and O–H groups in total. The topological polar surface area (TPSA) is 56.0 Å². The maximum Gasteiger partial charge on any atom is 0.192 e. The van der Waals surface area contributed by atoms with Crippen molar-refractivity contribution in [1.82, 2.24) is 20.2 Å². The fraction of sp³-hybridized carbons (Fsp3) is 0.111. The Kier molecular flexibility index (Phi) is 2.31. The molecule has 0 atom stereocenters. The van der Waals surface area contributed by atoms with E-state index in [0.717, 1.165) is 5.69 Å². The van der Waals surface area contributed by atoms with Gasteiger partial charge in [0, 0.05) is 7.05 Å². The summed E-state index contributed by atoms with van der Waals surface area (Å²) in [6.07, 6.45) is 1.63. The molecule has 1 heterocycles. The smallest absolute Gasteiger partial charge is 0.192 e. The van der Waals surface area contributed by atoms with Gasteiger partial charge in [0.25, 0.3) is 0 Å². The number of hydrogen-bond acceptors (Lipinski definition) is 4. The average Bonchev–Trinajstić information content (AvgIpc) is 2.63. The second kappa shape index (κ2) is 3.78. The monoisotopic (exact) mass is 187 g/mol. The molecule has 0 unspecified atom stereocenters. The van der Waals surface area contributed by atoms with Crippen molar-refractivity contribution in [2.24, 2.45) is 12.0 Å². The van der Waals surface area contributed by atoms with Crippen molar-refractivity contribution in [2.75, 3.05) is 0 Å². The van der Waals surface area contributed by atoms with E-state index in [0.29, 0.717) is 5.82 Å². The van der Waals surface area contributed by atoms with E-state index in [-0.39, 0.29) is 0 Å². The van der Waals surface area contributed by atoms with Gasteiger partial charge < -0.3 is 0 Å². The van der Waals surface area contributed by atoms with Crippen LogP contribution in [0.1, 0.15) is 5.82 Å². The molecule has 1 aromatic heterocycles. The minimum Gasteiger partial charge on any atom is -0.253 e. The lowest BCUT2D eigenvalue weighted by atomic mass is 10.3. The zero-order valence-electron chi connectivity index (χ0n) is 7.70. The molecule has 14 heavy (non-hydrogen) atoms. The van der Waals surface area contributed by atoms with Gasteiger partial charge in [0.2, 0.25) is 0 Å². The van der Waals surface area contributed by atoms with Gasteiger partial charge in [0.05, 0.1) is 11.9 Å². The zero-order valence-corrected chi connectivity index (χ0v) is 7.70. The third-order valence-electron chi connectivity index (χ3n) is 1.74. The van der Waals surface area contributed by atoms with Gasteiger partial charge in [-0.3, -0.25) is 4.99 Å². The van der Waals surface area contributed by atoms with Gasteiger partial charge in [-0.1, -0.05) is 18.2 Å². The highest BCUT2D eigenvalue weighted by Crippen LogP contribution is 2.08. The lowest BCUT2D eigenvalue weighted by Gasteiger charge is -1.91. The molecule has 0 radical (unpaired) electrons. The van der Waals surface area contributed by atoms with Gasteiger partial charge >= 0.3 is 0 Å². The minimum atomic E-state index is 0.633. The molecule has 0 fully saturated rings. The van der Waals surface area contributed by atoms with Crippen molar-refractivity contribution >= 4 is 11.9 Å². The van der Waals surface area contributed by atoms with Crippen LogP contribution in [0.25, 0.3) is 0 Å². The Bertz CT molecular complexity index is 431. The molecule has 2 aromatic rings. The summed E-state index contributed by atoms with van der Waals surface area (Å²) in [5.41, 5.74) is 0.885. The lowest BCUT2D eigenvalue weighted by molar-refractivity contribution is 0.707. The van der Waals surface area contributed by atoms with Crippen LogP contribution in [-0.4, -0.2) is 26.4 Å². The predicted molar refractivity (Wildman–Crippen MR) is 52.5 cm³/mol. The summed E-state index contributed by atoms with van der Waals surface area (Å²) in [6.45, 7) is 0. The fourth-order valence-corrected chi connectivity index (χ4v) is 0.992. The van der Waals surface area contributed by atoms with Gasteiger partial charge in [-0.05, 0) is 22.6 Å². The van der Waals surface area contributed by atoms with Crippen LogP contribution in [0.15, 0.2) is 35.3 Å². The third kappa shape index (κ3) is 1.82. The Morgan fingerprint density at radius 3 is 2.71 bits per heavy atom. The molecule has 0 aliphatic heterocycles. The summed E-state index contributed by atoms with van der Waals surface area (Å²) in [7, 11) is 1.77. The Balaban J connectivity index is 2.20. The van der Waals surface area contributed by atoms with Gasteiger partial charge in [-0.25, -0.2) is 4.68 Å². The highest BCUT2D eigenvalue weighted by atomic mass is 15.5. The molecule has 0 amide bonds. The molecule has 0 aliphatic rings.